The average molecular weight is 478 g/mol. The Labute approximate surface area is 186 Å². The highest BCUT2D eigenvalue weighted by Crippen LogP contribution is 2.45. The molecule has 2 heterocycles. The maximum atomic E-state index is 13.7. The van der Waals surface area contributed by atoms with Crippen LogP contribution in [0.15, 0.2) is 77.3 Å². The Bertz CT molecular complexity index is 1250. The highest BCUT2D eigenvalue weighted by molar-refractivity contribution is 9.10. The van der Waals surface area contributed by atoms with Crippen molar-refractivity contribution in [3.05, 3.63) is 99.9 Å². The van der Waals surface area contributed by atoms with Crippen LogP contribution in [0.25, 0.3) is 11.3 Å². The summed E-state index contributed by atoms with van der Waals surface area (Å²) < 4.78 is 19.8. The SMILES string of the molecule is COc1ccc(-c2n[nH]c3c2[C@@H](c2ccc(F)cc2)N(c2ccc(Br)cc2)C3=O)cc1. The number of methoxy groups -OCH3 is 1. The predicted molar refractivity (Wildman–Crippen MR) is 120 cm³/mol. The number of H-pyrrole nitrogens is 1. The van der Waals surface area contributed by atoms with E-state index in [0.29, 0.717) is 11.4 Å². The van der Waals surface area contributed by atoms with E-state index in [1.54, 1.807) is 24.1 Å². The van der Waals surface area contributed by atoms with Crippen molar-refractivity contribution in [1.82, 2.24) is 10.2 Å². The summed E-state index contributed by atoms with van der Waals surface area (Å²) in [6.07, 6.45) is 0. The van der Waals surface area contributed by atoms with Crippen molar-refractivity contribution in [2.45, 2.75) is 6.04 Å². The van der Waals surface area contributed by atoms with E-state index in [2.05, 4.69) is 26.1 Å². The molecule has 0 aliphatic carbocycles. The first-order chi connectivity index (χ1) is 15.1. The molecule has 0 bridgehead atoms. The van der Waals surface area contributed by atoms with Gasteiger partial charge in [0.15, 0.2) is 0 Å². The van der Waals surface area contributed by atoms with Gasteiger partial charge < -0.3 is 4.74 Å². The number of hydrogen-bond donors (Lipinski definition) is 1. The van der Waals surface area contributed by atoms with E-state index in [0.717, 1.165) is 32.6 Å². The van der Waals surface area contributed by atoms with Gasteiger partial charge in [-0.15, -0.1) is 0 Å². The number of rotatable bonds is 4. The molecule has 0 saturated carbocycles. The highest BCUT2D eigenvalue weighted by atomic mass is 79.9. The van der Waals surface area contributed by atoms with Crippen molar-refractivity contribution in [1.29, 1.82) is 0 Å². The lowest BCUT2D eigenvalue weighted by Gasteiger charge is -2.26. The third kappa shape index (κ3) is 3.31. The van der Waals surface area contributed by atoms with Gasteiger partial charge in [-0.1, -0.05) is 28.1 Å². The molecule has 0 saturated heterocycles. The second-order valence-electron chi connectivity index (χ2n) is 7.20. The molecule has 0 unspecified atom stereocenters. The van der Waals surface area contributed by atoms with Crippen LogP contribution >= 0.6 is 15.9 Å². The molecule has 31 heavy (non-hydrogen) atoms. The van der Waals surface area contributed by atoms with Gasteiger partial charge in [-0.3, -0.25) is 14.8 Å². The number of benzene rings is 3. The number of amides is 1. The minimum absolute atomic E-state index is 0.182. The first kappa shape index (κ1) is 19.5. The number of anilines is 1. The van der Waals surface area contributed by atoms with Crippen molar-refractivity contribution >= 4 is 27.5 Å². The topological polar surface area (TPSA) is 58.2 Å². The summed E-state index contributed by atoms with van der Waals surface area (Å²) in [6, 6.07) is 20.8. The lowest BCUT2D eigenvalue weighted by Crippen LogP contribution is -2.29. The minimum Gasteiger partial charge on any atom is -0.497 e. The fraction of sp³-hybridized carbons (Fsp3) is 0.0833. The van der Waals surface area contributed by atoms with E-state index in [-0.39, 0.29) is 11.7 Å². The molecule has 5 nitrogen and oxygen atoms in total. The van der Waals surface area contributed by atoms with Crippen LogP contribution in [-0.2, 0) is 0 Å². The van der Waals surface area contributed by atoms with Crippen molar-refractivity contribution < 1.29 is 13.9 Å². The Hall–Kier alpha value is -3.45. The number of aromatic amines is 1. The zero-order valence-corrected chi connectivity index (χ0v) is 18.1. The summed E-state index contributed by atoms with van der Waals surface area (Å²) >= 11 is 3.44. The highest BCUT2D eigenvalue weighted by Gasteiger charge is 2.43. The van der Waals surface area contributed by atoms with E-state index in [9.17, 15) is 9.18 Å². The Morgan fingerprint density at radius 2 is 1.68 bits per heavy atom. The van der Waals surface area contributed by atoms with E-state index < -0.39 is 6.04 Å². The van der Waals surface area contributed by atoms with Gasteiger partial charge in [0.2, 0.25) is 0 Å². The van der Waals surface area contributed by atoms with Gasteiger partial charge in [-0.05, 0) is 66.2 Å². The Balaban J connectivity index is 1.69. The van der Waals surface area contributed by atoms with Crippen LogP contribution < -0.4 is 9.64 Å². The van der Waals surface area contributed by atoms with Crippen molar-refractivity contribution in [2.75, 3.05) is 12.0 Å². The normalized spacial score (nSPS) is 15.3. The summed E-state index contributed by atoms with van der Waals surface area (Å²) in [5.41, 5.74) is 4.28. The molecule has 0 fully saturated rings. The number of nitrogens with zero attached hydrogens (tertiary/aromatic N) is 2. The summed E-state index contributed by atoms with van der Waals surface area (Å²) in [5, 5.41) is 7.38. The third-order valence-electron chi connectivity index (χ3n) is 5.42. The molecule has 154 valence electrons. The summed E-state index contributed by atoms with van der Waals surface area (Å²) in [7, 11) is 1.61. The van der Waals surface area contributed by atoms with Gasteiger partial charge in [0.25, 0.3) is 5.91 Å². The fourth-order valence-electron chi connectivity index (χ4n) is 3.94. The molecule has 1 aromatic heterocycles. The minimum atomic E-state index is -0.444. The van der Waals surface area contributed by atoms with Crippen LogP contribution in [0.3, 0.4) is 0 Å². The number of halogens is 2. The van der Waals surface area contributed by atoms with Crippen LogP contribution in [-0.4, -0.2) is 23.2 Å². The van der Waals surface area contributed by atoms with Crippen LogP contribution in [0.2, 0.25) is 0 Å². The van der Waals surface area contributed by atoms with Crippen LogP contribution in [0.1, 0.15) is 27.7 Å². The molecular formula is C24H17BrFN3O2. The number of fused-ring (bicyclic) bond motifs is 1. The smallest absolute Gasteiger partial charge is 0.277 e. The molecule has 1 aliphatic rings. The van der Waals surface area contributed by atoms with Crippen molar-refractivity contribution in [3.63, 3.8) is 0 Å². The monoisotopic (exact) mass is 477 g/mol. The summed E-state index contributed by atoms with van der Waals surface area (Å²) in [5.74, 6) is 0.226. The van der Waals surface area contributed by atoms with Gasteiger partial charge in [0.05, 0.1) is 18.8 Å². The van der Waals surface area contributed by atoms with Gasteiger partial charge in [-0.25, -0.2) is 4.39 Å². The van der Waals surface area contributed by atoms with Gasteiger partial charge >= 0.3 is 0 Å². The van der Waals surface area contributed by atoms with Crippen LogP contribution in [0, 0.1) is 5.82 Å². The average Bonchev–Trinajstić information content (AvgIpc) is 3.34. The lowest BCUT2D eigenvalue weighted by atomic mass is 9.96. The predicted octanol–water partition coefficient (Wildman–Crippen LogP) is 5.74. The number of ether oxygens (including phenoxy) is 1. The summed E-state index contributed by atoms with van der Waals surface area (Å²) in [4.78, 5) is 15.1. The largest absolute Gasteiger partial charge is 0.497 e. The second kappa shape index (κ2) is 7.67. The van der Waals surface area contributed by atoms with Gasteiger partial charge in [0, 0.05) is 21.3 Å². The Morgan fingerprint density at radius 1 is 1.00 bits per heavy atom. The maximum absolute atomic E-state index is 13.7. The van der Waals surface area contributed by atoms with Crippen LogP contribution in [0.4, 0.5) is 10.1 Å². The van der Waals surface area contributed by atoms with Crippen LogP contribution in [0.5, 0.6) is 5.75 Å². The quantitative estimate of drug-likeness (QED) is 0.407. The molecule has 1 aliphatic heterocycles. The van der Waals surface area contributed by atoms with E-state index in [1.807, 2.05) is 48.5 Å². The number of carbonyl (C=O) groups excluding carboxylic acids is 1. The zero-order valence-electron chi connectivity index (χ0n) is 16.5. The molecule has 3 aromatic carbocycles. The third-order valence-corrected chi connectivity index (χ3v) is 5.95. The molecule has 4 aromatic rings. The molecule has 0 spiro atoms. The molecule has 0 radical (unpaired) electrons. The number of nitrogens with one attached hydrogen (secondary N) is 1. The number of hydrogen-bond acceptors (Lipinski definition) is 3. The molecule has 5 rings (SSSR count). The second-order valence-corrected chi connectivity index (χ2v) is 8.11. The van der Waals surface area contributed by atoms with Crippen molar-refractivity contribution in [2.24, 2.45) is 0 Å². The molecule has 1 atom stereocenters. The number of aromatic nitrogens is 2. The Kier molecular flexibility index (Phi) is 4.82. The standard InChI is InChI=1S/C24H17BrFN3O2/c1-31-19-12-4-14(5-13-19)21-20-22(28-27-21)24(30)29(18-10-6-16(25)7-11-18)23(20)15-2-8-17(26)9-3-15/h2-13,23H,1H3,(H,27,28)/t23-/m1/s1. The first-order valence-electron chi connectivity index (χ1n) is 9.64. The van der Waals surface area contributed by atoms with E-state index in [1.165, 1.54) is 12.1 Å². The first-order valence-corrected chi connectivity index (χ1v) is 10.4. The van der Waals surface area contributed by atoms with Gasteiger partial charge in [-0.2, -0.15) is 5.10 Å². The fourth-order valence-corrected chi connectivity index (χ4v) is 4.21. The molecule has 1 amide bonds. The van der Waals surface area contributed by atoms with E-state index >= 15 is 0 Å². The molecular weight excluding hydrogens is 461 g/mol. The van der Waals surface area contributed by atoms with E-state index in [4.69, 9.17) is 4.74 Å². The molecule has 7 heteroatoms. The number of carbonyl (C=O) groups is 1. The van der Waals surface area contributed by atoms with Crippen molar-refractivity contribution in [3.8, 4) is 17.0 Å². The molecule has 1 N–H and O–H groups in total. The maximum Gasteiger partial charge on any atom is 0.277 e. The van der Waals surface area contributed by atoms with Gasteiger partial charge in [0.1, 0.15) is 17.3 Å². The Morgan fingerprint density at radius 3 is 2.32 bits per heavy atom. The lowest BCUT2D eigenvalue weighted by molar-refractivity contribution is 0.0989. The zero-order chi connectivity index (χ0) is 21.5. The summed E-state index contributed by atoms with van der Waals surface area (Å²) in [6.45, 7) is 0.